The van der Waals surface area contributed by atoms with E-state index in [9.17, 15) is 9.59 Å². The highest BCUT2D eigenvalue weighted by atomic mass is 32.1. The van der Waals surface area contributed by atoms with E-state index in [0.717, 1.165) is 0 Å². The Morgan fingerprint density at radius 2 is 2.25 bits per heavy atom. The summed E-state index contributed by atoms with van der Waals surface area (Å²) in [5.74, 6) is 0.190. The number of Topliss-reactive ketones (excluding diaryl/α,β-unsaturated/α-hetero) is 1. The van der Waals surface area contributed by atoms with Crippen LogP contribution in [-0.4, -0.2) is 25.0 Å². The van der Waals surface area contributed by atoms with Crippen LogP contribution in [0.2, 0.25) is 0 Å². The van der Waals surface area contributed by atoms with Gasteiger partial charge in [-0.15, -0.1) is 11.3 Å². The fourth-order valence-corrected chi connectivity index (χ4v) is 1.63. The first-order chi connectivity index (χ1) is 7.59. The molecule has 5 heteroatoms. The molecule has 4 nitrogen and oxygen atoms in total. The minimum absolute atomic E-state index is 0.0164. The van der Waals surface area contributed by atoms with E-state index in [1.807, 2.05) is 19.2 Å². The number of ketones is 1. The van der Waals surface area contributed by atoms with Crippen LogP contribution < -0.4 is 5.32 Å². The number of alkyl carbamates (subject to hydrolysis) is 1. The van der Waals surface area contributed by atoms with Crippen LogP contribution in [0.25, 0.3) is 0 Å². The van der Waals surface area contributed by atoms with Crippen molar-refractivity contribution in [1.82, 2.24) is 5.32 Å². The molecule has 0 aliphatic rings. The molecular weight excluding hydrogens is 226 g/mol. The van der Waals surface area contributed by atoms with Gasteiger partial charge in [0.25, 0.3) is 0 Å². The number of carbonyl (C=O) groups excluding carboxylic acids is 2. The molecule has 0 atom stereocenters. The molecule has 1 heterocycles. The average Bonchev–Trinajstić information content (AvgIpc) is 2.76. The van der Waals surface area contributed by atoms with Gasteiger partial charge >= 0.3 is 6.09 Å². The Bertz CT molecular complexity index is 346. The van der Waals surface area contributed by atoms with E-state index in [1.54, 1.807) is 12.1 Å². The lowest BCUT2D eigenvalue weighted by Crippen LogP contribution is -2.30. The molecule has 0 radical (unpaired) electrons. The normalized spacial score (nSPS) is 10.2. The summed E-state index contributed by atoms with van der Waals surface area (Å²) in [4.78, 5) is 23.3. The Morgan fingerprint density at radius 1 is 1.50 bits per heavy atom. The van der Waals surface area contributed by atoms with E-state index < -0.39 is 6.09 Å². The topological polar surface area (TPSA) is 55.4 Å². The predicted molar refractivity (Wildman–Crippen MR) is 62.8 cm³/mol. The van der Waals surface area contributed by atoms with Gasteiger partial charge in [0.1, 0.15) is 0 Å². The van der Waals surface area contributed by atoms with Crippen molar-refractivity contribution in [3.63, 3.8) is 0 Å². The maximum absolute atomic E-state index is 11.5. The zero-order valence-electron chi connectivity index (χ0n) is 9.36. The Hall–Kier alpha value is -1.36. The van der Waals surface area contributed by atoms with Crippen LogP contribution in [-0.2, 0) is 4.74 Å². The summed E-state index contributed by atoms with van der Waals surface area (Å²) >= 11 is 1.36. The maximum atomic E-state index is 11.5. The lowest BCUT2D eigenvalue weighted by Gasteiger charge is -2.07. The zero-order chi connectivity index (χ0) is 12.0. The van der Waals surface area contributed by atoms with E-state index in [1.165, 1.54) is 11.3 Å². The van der Waals surface area contributed by atoms with Crippen LogP contribution in [0.15, 0.2) is 17.5 Å². The van der Waals surface area contributed by atoms with Crippen LogP contribution in [0.3, 0.4) is 0 Å². The fraction of sp³-hybridized carbons (Fsp3) is 0.455. The lowest BCUT2D eigenvalue weighted by molar-refractivity contribution is 0.0975. The van der Waals surface area contributed by atoms with E-state index in [2.05, 4.69) is 5.32 Å². The first-order valence-electron chi connectivity index (χ1n) is 5.07. The summed E-state index contributed by atoms with van der Waals surface area (Å²) in [6.45, 7) is 4.24. The highest BCUT2D eigenvalue weighted by Gasteiger charge is 2.09. The second-order valence-electron chi connectivity index (χ2n) is 3.75. The van der Waals surface area contributed by atoms with Crippen LogP contribution >= 0.6 is 11.3 Å². The Kier molecular flexibility index (Phi) is 4.98. The van der Waals surface area contributed by atoms with Crippen molar-refractivity contribution >= 4 is 23.2 Å². The molecular formula is C11H15NO3S. The number of hydrogen-bond acceptors (Lipinski definition) is 4. The van der Waals surface area contributed by atoms with Gasteiger partial charge in [0, 0.05) is 0 Å². The smallest absolute Gasteiger partial charge is 0.407 e. The number of ether oxygens (including phenoxy) is 1. The van der Waals surface area contributed by atoms with E-state index in [4.69, 9.17) is 4.74 Å². The average molecular weight is 241 g/mol. The van der Waals surface area contributed by atoms with Gasteiger partial charge in [0.15, 0.2) is 5.78 Å². The monoisotopic (exact) mass is 241 g/mol. The number of hydrogen-bond donors (Lipinski definition) is 1. The molecule has 0 aliphatic heterocycles. The number of carbonyl (C=O) groups is 2. The van der Waals surface area contributed by atoms with Crippen LogP contribution in [0.1, 0.15) is 23.5 Å². The quantitative estimate of drug-likeness (QED) is 0.805. The van der Waals surface area contributed by atoms with E-state index in [0.29, 0.717) is 17.4 Å². The van der Waals surface area contributed by atoms with Crippen molar-refractivity contribution in [1.29, 1.82) is 0 Å². The number of rotatable bonds is 5. The molecule has 0 bridgehead atoms. The van der Waals surface area contributed by atoms with Crippen molar-refractivity contribution in [2.24, 2.45) is 5.92 Å². The molecule has 0 spiro atoms. The molecule has 0 saturated heterocycles. The molecule has 0 fully saturated rings. The first-order valence-corrected chi connectivity index (χ1v) is 5.95. The minimum Gasteiger partial charge on any atom is -0.449 e. The SMILES string of the molecule is CC(C)COC(=O)NCC(=O)c1cccs1. The largest absolute Gasteiger partial charge is 0.449 e. The third-order valence-corrected chi connectivity index (χ3v) is 2.65. The highest BCUT2D eigenvalue weighted by Crippen LogP contribution is 2.08. The molecule has 1 aromatic heterocycles. The second-order valence-corrected chi connectivity index (χ2v) is 4.69. The zero-order valence-corrected chi connectivity index (χ0v) is 10.2. The van der Waals surface area contributed by atoms with Crippen molar-refractivity contribution in [3.8, 4) is 0 Å². The van der Waals surface area contributed by atoms with Gasteiger partial charge in [-0.2, -0.15) is 0 Å². The van der Waals surface area contributed by atoms with Crippen molar-refractivity contribution < 1.29 is 14.3 Å². The molecule has 0 aliphatic carbocycles. The summed E-state index contributed by atoms with van der Waals surface area (Å²) in [6, 6.07) is 3.53. The molecule has 0 saturated carbocycles. The first kappa shape index (κ1) is 12.7. The summed E-state index contributed by atoms with van der Waals surface area (Å²) in [5.41, 5.74) is 0. The molecule has 1 amide bonds. The molecule has 88 valence electrons. The lowest BCUT2D eigenvalue weighted by atomic mass is 10.2. The standard InChI is InChI=1S/C11H15NO3S/c1-8(2)7-15-11(14)12-6-9(13)10-4-3-5-16-10/h3-5,8H,6-7H2,1-2H3,(H,12,14). The maximum Gasteiger partial charge on any atom is 0.407 e. The molecule has 16 heavy (non-hydrogen) atoms. The van der Waals surface area contributed by atoms with Crippen LogP contribution in [0, 0.1) is 5.92 Å². The Balaban J connectivity index is 2.24. The number of thiophene rings is 1. The van der Waals surface area contributed by atoms with E-state index >= 15 is 0 Å². The molecule has 1 aromatic rings. The van der Waals surface area contributed by atoms with E-state index in [-0.39, 0.29) is 12.3 Å². The van der Waals surface area contributed by atoms with Crippen molar-refractivity contribution in [3.05, 3.63) is 22.4 Å². The third-order valence-electron chi connectivity index (χ3n) is 1.74. The molecule has 0 aromatic carbocycles. The third kappa shape index (κ3) is 4.44. The van der Waals surface area contributed by atoms with Crippen molar-refractivity contribution in [2.45, 2.75) is 13.8 Å². The second kappa shape index (κ2) is 6.27. The summed E-state index contributed by atoms with van der Waals surface area (Å²) in [7, 11) is 0. The molecule has 1 N–H and O–H groups in total. The summed E-state index contributed by atoms with van der Waals surface area (Å²) in [6.07, 6.45) is -0.543. The van der Waals surface area contributed by atoms with Crippen LogP contribution in [0.5, 0.6) is 0 Å². The van der Waals surface area contributed by atoms with Gasteiger partial charge in [-0.05, 0) is 17.4 Å². The number of nitrogens with one attached hydrogen (secondary N) is 1. The van der Waals surface area contributed by atoms with Crippen molar-refractivity contribution in [2.75, 3.05) is 13.2 Å². The van der Waals surface area contributed by atoms with Gasteiger partial charge in [0.05, 0.1) is 18.0 Å². The summed E-state index contributed by atoms with van der Waals surface area (Å²) < 4.78 is 4.87. The van der Waals surface area contributed by atoms with Gasteiger partial charge in [-0.1, -0.05) is 19.9 Å². The Morgan fingerprint density at radius 3 is 2.81 bits per heavy atom. The predicted octanol–water partition coefficient (Wildman–Crippen LogP) is 2.31. The van der Waals surface area contributed by atoms with Gasteiger partial charge in [-0.25, -0.2) is 4.79 Å². The Labute approximate surface area is 98.6 Å². The van der Waals surface area contributed by atoms with Gasteiger partial charge in [0.2, 0.25) is 0 Å². The highest BCUT2D eigenvalue weighted by molar-refractivity contribution is 7.12. The molecule has 0 unspecified atom stereocenters. The van der Waals surface area contributed by atoms with Gasteiger partial charge < -0.3 is 10.1 Å². The minimum atomic E-state index is -0.543. The number of amides is 1. The van der Waals surface area contributed by atoms with Gasteiger partial charge in [-0.3, -0.25) is 4.79 Å². The summed E-state index contributed by atoms with van der Waals surface area (Å²) in [5, 5.41) is 4.25. The molecule has 1 rings (SSSR count). The van der Waals surface area contributed by atoms with Crippen LogP contribution in [0.4, 0.5) is 4.79 Å². The fourth-order valence-electron chi connectivity index (χ4n) is 0.970.